The van der Waals surface area contributed by atoms with E-state index in [0.29, 0.717) is 11.4 Å². The quantitative estimate of drug-likeness (QED) is 0.840. The Bertz CT molecular complexity index is 594. The number of benzene rings is 1. The van der Waals surface area contributed by atoms with E-state index in [0.717, 1.165) is 31.0 Å². The molecule has 2 heterocycles. The van der Waals surface area contributed by atoms with Gasteiger partial charge in [0.15, 0.2) is 17.5 Å². The minimum atomic E-state index is -0.869. The Morgan fingerprint density at radius 1 is 1.28 bits per heavy atom. The van der Waals surface area contributed by atoms with Crippen molar-refractivity contribution in [1.29, 1.82) is 0 Å². The molecule has 0 amide bonds. The van der Waals surface area contributed by atoms with E-state index >= 15 is 0 Å². The van der Waals surface area contributed by atoms with Crippen LogP contribution in [0.3, 0.4) is 0 Å². The van der Waals surface area contributed by atoms with Crippen LogP contribution >= 0.6 is 0 Å². The number of nitrogens with one attached hydrogen (secondary N) is 1. The first-order chi connectivity index (χ1) is 8.66. The molecule has 3 rings (SSSR count). The second-order valence-corrected chi connectivity index (χ2v) is 4.34. The van der Waals surface area contributed by atoms with Gasteiger partial charge in [0.1, 0.15) is 5.82 Å². The smallest absolute Gasteiger partial charge is 0.164 e. The minimum absolute atomic E-state index is 0.116. The third-order valence-electron chi connectivity index (χ3n) is 3.13. The zero-order valence-corrected chi connectivity index (χ0v) is 9.82. The lowest BCUT2D eigenvalue weighted by Gasteiger charge is -2.21. The van der Waals surface area contributed by atoms with E-state index in [2.05, 4.69) is 15.5 Å². The van der Waals surface area contributed by atoms with Crippen LogP contribution < -0.4 is 5.32 Å². The molecule has 0 fully saturated rings. The summed E-state index contributed by atoms with van der Waals surface area (Å²) in [5.74, 6) is -0.322. The molecule has 2 aromatic rings. The van der Waals surface area contributed by atoms with Crippen molar-refractivity contribution in [3.63, 3.8) is 0 Å². The molecule has 4 nitrogen and oxygen atoms in total. The summed E-state index contributed by atoms with van der Waals surface area (Å²) in [7, 11) is 0. The van der Waals surface area contributed by atoms with Crippen LogP contribution in [0, 0.1) is 11.6 Å². The molecule has 1 aliphatic rings. The molecule has 0 saturated heterocycles. The second kappa shape index (κ2) is 4.13. The van der Waals surface area contributed by atoms with E-state index in [9.17, 15) is 8.78 Å². The summed E-state index contributed by atoms with van der Waals surface area (Å²) in [6.07, 6.45) is 0. The number of nitrogens with zero attached hydrogens (tertiary/aromatic N) is 3. The van der Waals surface area contributed by atoms with Gasteiger partial charge in [0.25, 0.3) is 0 Å². The molecule has 0 radical (unpaired) electrons. The molecular formula is C12H12F2N4. The monoisotopic (exact) mass is 250 g/mol. The molecule has 1 aliphatic heterocycles. The van der Waals surface area contributed by atoms with Crippen LogP contribution in [0.2, 0.25) is 0 Å². The van der Waals surface area contributed by atoms with Gasteiger partial charge in [-0.3, -0.25) is 0 Å². The molecule has 1 N–H and O–H groups in total. The highest BCUT2D eigenvalue weighted by molar-refractivity contribution is 5.55. The summed E-state index contributed by atoms with van der Waals surface area (Å²) < 4.78 is 28.1. The van der Waals surface area contributed by atoms with Crippen LogP contribution in [0.25, 0.3) is 11.4 Å². The van der Waals surface area contributed by atoms with E-state index in [-0.39, 0.29) is 6.04 Å². The standard InChI is InChI=1S/C12H12F2N4/c1-7-11-16-17-12(18(11)5-4-15-7)8-2-3-9(13)10(14)6-8/h2-3,6-7,15H,4-5H2,1H3/t7-/m1/s1. The lowest BCUT2D eigenvalue weighted by atomic mass is 10.2. The maximum atomic E-state index is 13.2. The molecule has 0 aliphatic carbocycles. The molecule has 1 atom stereocenters. The predicted molar refractivity (Wildman–Crippen MR) is 61.8 cm³/mol. The Hall–Kier alpha value is -1.82. The average Bonchev–Trinajstić information content (AvgIpc) is 2.78. The van der Waals surface area contributed by atoms with Crippen molar-refractivity contribution in [2.24, 2.45) is 0 Å². The maximum Gasteiger partial charge on any atom is 0.164 e. The van der Waals surface area contributed by atoms with E-state index < -0.39 is 11.6 Å². The molecule has 1 aromatic carbocycles. The topological polar surface area (TPSA) is 42.7 Å². The maximum absolute atomic E-state index is 13.2. The summed E-state index contributed by atoms with van der Waals surface area (Å²) in [6, 6.07) is 3.89. The first kappa shape index (κ1) is 11.3. The molecule has 0 spiro atoms. The minimum Gasteiger partial charge on any atom is -0.308 e. The van der Waals surface area contributed by atoms with Crippen LogP contribution in [0.15, 0.2) is 18.2 Å². The summed E-state index contributed by atoms with van der Waals surface area (Å²) in [5, 5.41) is 11.4. The normalized spacial score (nSPS) is 18.7. The summed E-state index contributed by atoms with van der Waals surface area (Å²) in [5.41, 5.74) is 0.543. The van der Waals surface area contributed by atoms with Crippen molar-refractivity contribution in [1.82, 2.24) is 20.1 Å². The Morgan fingerprint density at radius 3 is 2.89 bits per heavy atom. The lowest BCUT2D eigenvalue weighted by molar-refractivity contribution is 0.439. The third kappa shape index (κ3) is 1.69. The van der Waals surface area contributed by atoms with Crippen molar-refractivity contribution in [2.75, 3.05) is 6.54 Å². The van der Waals surface area contributed by atoms with E-state index in [1.807, 2.05) is 11.5 Å². The summed E-state index contributed by atoms with van der Waals surface area (Å²) in [6.45, 7) is 3.53. The van der Waals surface area contributed by atoms with Gasteiger partial charge in [-0.05, 0) is 25.1 Å². The molecule has 0 saturated carbocycles. The average molecular weight is 250 g/mol. The number of hydrogen-bond donors (Lipinski definition) is 1. The fourth-order valence-electron chi connectivity index (χ4n) is 2.19. The number of fused-ring (bicyclic) bond motifs is 1. The number of aromatic nitrogens is 3. The first-order valence-corrected chi connectivity index (χ1v) is 5.78. The van der Waals surface area contributed by atoms with Gasteiger partial charge in [0.2, 0.25) is 0 Å². The molecule has 1 aromatic heterocycles. The van der Waals surface area contributed by atoms with Gasteiger partial charge in [0, 0.05) is 18.7 Å². The highest BCUT2D eigenvalue weighted by atomic mass is 19.2. The van der Waals surface area contributed by atoms with Crippen molar-refractivity contribution in [2.45, 2.75) is 19.5 Å². The molecule has 6 heteroatoms. The van der Waals surface area contributed by atoms with Crippen LogP contribution in [0.1, 0.15) is 18.8 Å². The Morgan fingerprint density at radius 2 is 2.11 bits per heavy atom. The lowest BCUT2D eigenvalue weighted by Crippen LogP contribution is -2.32. The van der Waals surface area contributed by atoms with Crippen molar-refractivity contribution in [3.05, 3.63) is 35.7 Å². The van der Waals surface area contributed by atoms with E-state index in [1.165, 1.54) is 6.07 Å². The van der Waals surface area contributed by atoms with Gasteiger partial charge < -0.3 is 9.88 Å². The molecule has 18 heavy (non-hydrogen) atoms. The first-order valence-electron chi connectivity index (χ1n) is 5.78. The van der Waals surface area contributed by atoms with Crippen LogP contribution in [-0.2, 0) is 6.54 Å². The van der Waals surface area contributed by atoms with Gasteiger partial charge in [0.05, 0.1) is 6.04 Å². The van der Waals surface area contributed by atoms with Crippen LogP contribution in [0.4, 0.5) is 8.78 Å². The molecular weight excluding hydrogens is 238 g/mol. The highest BCUT2D eigenvalue weighted by Gasteiger charge is 2.22. The van der Waals surface area contributed by atoms with Crippen molar-refractivity contribution in [3.8, 4) is 11.4 Å². The Balaban J connectivity index is 2.09. The third-order valence-corrected chi connectivity index (χ3v) is 3.13. The number of hydrogen-bond acceptors (Lipinski definition) is 3. The highest BCUT2D eigenvalue weighted by Crippen LogP contribution is 2.24. The number of rotatable bonds is 1. The SMILES string of the molecule is C[C@H]1NCCn2c(-c3ccc(F)c(F)c3)nnc21. The molecule has 94 valence electrons. The van der Waals surface area contributed by atoms with Crippen LogP contribution in [0.5, 0.6) is 0 Å². The van der Waals surface area contributed by atoms with Gasteiger partial charge in [-0.2, -0.15) is 0 Å². The van der Waals surface area contributed by atoms with E-state index in [4.69, 9.17) is 0 Å². The zero-order valence-electron chi connectivity index (χ0n) is 9.82. The van der Waals surface area contributed by atoms with Gasteiger partial charge in [-0.1, -0.05) is 0 Å². The largest absolute Gasteiger partial charge is 0.308 e. The molecule has 0 bridgehead atoms. The van der Waals surface area contributed by atoms with Crippen LogP contribution in [-0.4, -0.2) is 21.3 Å². The Labute approximate surface area is 103 Å². The van der Waals surface area contributed by atoms with Crippen molar-refractivity contribution < 1.29 is 8.78 Å². The molecule has 0 unspecified atom stereocenters. The fraction of sp³-hybridized carbons (Fsp3) is 0.333. The predicted octanol–water partition coefficient (Wildman–Crippen LogP) is 1.89. The number of halogens is 2. The zero-order chi connectivity index (χ0) is 12.7. The summed E-state index contributed by atoms with van der Waals surface area (Å²) >= 11 is 0. The van der Waals surface area contributed by atoms with E-state index in [1.54, 1.807) is 0 Å². The second-order valence-electron chi connectivity index (χ2n) is 4.34. The van der Waals surface area contributed by atoms with Crippen molar-refractivity contribution >= 4 is 0 Å². The van der Waals surface area contributed by atoms with Gasteiger partial charge >= 0.3 is 0 Å². The fourth-order valence-corrected chi connectivity index (χ4v) is 2.19. The van der Waals surface area contributed by atoms with Gasteiger partial charge in [-0.25, -0.2) is 8.78 Å². The summed E-state index contributed by atoms with van der Waals surface area (Å²) in [4.78, 5) is 0. The van der Waals surface area contributed by atoms with Gasteiger partial charge in [-0.15, -0.1) is 10.2 Å². The Kier molecular flexibility index (Phi) is 2.59.